The molecule has 1 rings (SSSR count). The maximum Gasteiger partial charge on any atom is 0.326 e. The van der Waals surface area contributed by atoms with Gasteiger partial charge < -0.3 is 15.7 Å². The molecule has 0 radical (unpaired) electrons. The standard InChI is InChI=1S/C17H23BrN2O4/c1-3-4-5-14(17(23)24)20-16(22)10-15(19-11(2)21)12-6-8-13(18)9-7-12/h6-9,14-15H,3-5,10H2,1-2H3,(H,19,21)(H,20,22)(H,23,24)/t14-,15?/m0/s1. The summed E-state index contributed by atoms with van der Waals surface area (Å²) in [5, 5.41) is 14.5. The number of benzene rings is 1. The van der Waals surface area contributed by atoms with Crippen LogP contribution in [0.25, 0.3) is 0 Å². The van der Waals surface area contributed by atoms with E-state index in [1.807, 2.05) is 31.2 Å². The monoisotopic (exact) mass is 398 g/mol. The van der Waals surface area contributed by atoms with Crippen LogP contribution in [-0.2, 0) is 14.4 Å². The SMILES string of the molecule is CCCC[C@H](NC(=O)CC(NC(C)=O)c1ccc(Br)cc1)C(=O)O. The number of halogens is 1. The number of hydrogen-bond acceptors (Lipinski definition) is 3. The molecule has 0 aromatic heterocycles. The van der Waals surface area contributed by atoms with Gasteiger partial charge in [-0.05, 0) is 24.1 Å². The fourth-order valence-corrected chi connectivity index (χ4v) is 2.56. The van der Waals surface area contributed by atoms with Gasteiger partial charge in [-0.1, -0.05) is 47.8 Å². The molecule has 132 valence electrons. The van der Waals surface area contributed by atoms with E-state index in [2.05, 4.69) is 26.6 Å². The molecule has 0 fully saturated rings. The van der Waals surface area contributed by atoms with Gasteiger partial charge in [0.05, 0.1) is 12.5 Å². The van der Waals surface area contributed by atoms with Gasteiger partial charge in [-0.3, -0.25) is 9.59 Å². The van der Waals surface area contributed by atoms with Crippen LogP contribution in [0.2, 0.25) is 0 Å². The number of carbonyl (C=O) groups is 3. The highest BCUT2D eigenvalue weighted by molar-refractivity contribution is 9.10. The Morgan fingerprint density at radius 2 is 1.79 bits per heavy atom. The van der Waals surface area contributed by atoms with Crippen molar-refractivity contribution in [2.24, 2.45) is 0 Å². The van der Waals surface area contributed by atoms with Gasteiger partial charge in [-0.2, -0.15) is 0 Å². The molecule has 1 aromatic carbocycles. The largest absolute Gasteiger partial charge is 0.480 e. The Morgan fingerprint density at radius 1 is 1.17 bits per heavy atom. The predicted molar refractivity (Wildman–Crippen MR) is 94.4 cm³/mol. The minimum Gasteiger partial charge on any atom is -0.480 e. The highest BCUT2D eigenvalue weighted by Gasteiger charge is 2.22. The number of carbonyl (C=O) groups excluding carboxylic acids is 2. The van der Waals surface area contributed by atoms with Gasteiger partial charge in [0.1, 0.15) is 6.04 Å². The van der Waals surface area contributed by atoms with Gasteiger partial charge >= 0.3 is 5.97 Å². The van der Waals surface area contributed by atoms with E-state index in [1.165, 1.54) is 6.92 Å². The first-order valence-electron chi connectivity index (χ1n) is 7.88. The lowest BCUT2D eigenvalue weighted by atomic mass is 10.0. The van der Waals surface area contributed by atoms with Crippen LogP contribution in [0.3, 0.4) is 0 Å². The van der Waals surface area contributed by atoms with Crippen molar-refractivity contribution in [3.63, 3.8) is 0 Å². The number of rotatable bonds is 9. The van der Waals surface area contributed by atoms with Crippen LogP contribution in [0.15, 0.2) is 28.7 Å². The zero-order valence-electron chi connectivity index (χ0n) is 13.8. The maximum atomic E-state index is 12.2. The molecule has 2 amide bonds. The molecule has 0 aliphatic heterocycles. The first-order chi connectivity index (χ1) is 11.3. The molecule has 0 saturated heterocycles. The second-order valence-corrected chi connectivity index (χ2v) is 6.53. The number of carboxylic acids is 1. The third kappa shape index (κ3) is 7.12. The van der Waals surface area contributed by atoms with E-state index in [0.29, 0.717) is 6.42 Å². The van der Waals surface area contributed by atoms with Gasteiger partial charge in [-0.15, -0.1) is 0 Å². The zero-order valence-corrected chi connectivity index (χ0v) is 15.4. The molecule has 24 heavy (non-hydrogen) atoms. The van der Waals surface area contributed by atoms with Gasteiger partial charge in [-0.25, -0.2) is 4.79 Å². The van der Waals surface area contributed by atoms with E-state index >= 15 is 0 Å². The Balaban J connectivity index is 2.77. The van der Waals surface area contributed by atoms with Crippen molar-refractivity contribution in [2.75, 3.05) is 0 Å². The normalized spacial score (nSPS) is 13.0. The number of unbranched alkanes of at least 4 members (excludes halogenated alkanes) is 1. The lowest BCUT2D eigenvalue weighted by molar-refractivity contribution is -0.142. The Morgan fingerprint density at radius 3 is 2.29 bits per heavy atom. The summed E-state index contributed by atoms with van der Waals surface area (Å²) in [7, 11) is 0. The zero-order chi connectivity index (χ0) is 18.1. The minimum atomic E-state index is -1.04. The smallest absolute Gasteiger partial charge is 0.326 e. The Bertz CT molecular complexity index is 574. The van der Waals surface area contributed by atoms with E-state index in [0.717, 1.165) is 22.9 Å². The Labute approximate surface area is 150 Å². The summed E-state index contributed by atoms with van der Waals surface area (Å²) in [5.41, 5.74) is 0.781. The first-order valence-corrected chi connectivity index (χ1v) is 8.67. The molecule has 2 atom stereocenters. The number of carboxylic acid groups (broad SMARTS) is 1. The van der Waals surface area contributed by atoms with Crippen LogP contribution >= 0.6 is 15.9 Å². The van der Waals surface area contributed by atoms with Crippen LogP contribution < -0.4 is 10.6 Å². The molecule has 1 unspecified atom stereocenters. The summed E-state index contributed by atoms with van der Waals surface area (Å²) in [6.45, 7) is 3.34. The molecular formula is C17H23BrN2O4. The van der Waals surface area contributed by atoms with Crippen molar-refractivity contribution in [1.29, 1.82) is 0 Å². The quantitative estimate of drug-likeness (QED) is 0.595. The number of nitrogens with one attached hydrogen (secondary N) is 2. The van der Waals surface area contributed by atoms with Crippen molar-refractivity contribution in [2.45, 2.75) is 51.6 Å². The summed E-state index contributed by atoms with van der Waals surface area (Å²) in [6.07, 6.45) is 1.95. The molecule has 0 aliphatic carbocycles. The fourth-order valence-electron chi connectivity index (χ4n) is 2.30. The fraction of sp³-hybridized carbons (Fsp3) is 0.471. The first kappa shape index (κ1) is 20.2. The van der Waals surface area contributed by atoms with E-state index in [4.69, 9.17) is 0 Å². The molecular weight excluding hydrogens is 376 g/mol. The van der Waals surface area contributed by atoms with Crippen LogP contribution in [-0.4, -0.2) is 28.9 Å². The van der Waals surface area contributed by atoms with Gasteiger partial charge in [0.2, 0.25) is 11.8 Å². The van der Waals surface area contributed by atoms with Crippen LogP contribution in [0, 0.1) is 0 Å². The van der Waals surface area contributed by atoms with Crippen LogP contribution in [0.5, 0.6) is 0 Å². The van der Waals surface area contributed by atoms with Crippen LogP contribution in [0.1, 0.15) is 51.1 Å². The number of hydrogen-bond donors (Lipinski definition) is 3. The van der Waals surface area contributed by atoms with Crippen molar-refractivity contribution in [3.05, 3.63) is 34.3 Å². The molecule has 1 aromatic rings. The van der Waals surface area contributed by atoms with E-state index in [1.54, 1.807) is 0 Å². The van der Waals surface area contributed by atoms with Gasteiger partial charge in [0, 0.05) is 11.4 Å². The number of aliphatic carboxylic acids is 1. The van der Waals surface area contributed by atoms with E-state index in [-0.39, 0.29) is 12.3 Å². The molecule has 3 N–H and O–H groups in total. The summed E-state index contributed by atoms with van der Waals surface area (Å²) < 4.78 is 0.891. The molecule has 0 aliphatic rings. The van der Waals surface area contributed by atoms with Crippen molar-refractivity contribution >= 4 is 33.7 Å². The van der Waals surface area contributed by atoms with E-state index < -0.39 is 24.0 Å². The summed E-state index contributed by atoms with van der Waals surface area (Å²) in [4.78, 5) is 34.8. The molecule has 6 nitrogen and oxygen atoms in total. The average molecular weight is 399 g/mol. The molecule has 0 heterocycles. The summed E-state index contributed by atoms with van der Waals surface area (Å²) >= 11 is 3.34. The van der Waals surface area contributed by atoms with Gasteiger partial charge in [0.15, 0.2) is 0 Å². The Hall–Kier alpha value is -1.89. The van der Waals surface area contributed by atoms with Gasteiger partial charge in [0.25, 0.3) is 0 Å². The topological polar surface area (TPSA) is 95.5 Å². The lowest BCUT2D eigenvalue weighted by Crippen LogP contribution is -2.42. The molecule has 7 heteroatoms. The highest BCUT2D eigenvalue weighted by Crippen LogP contribution is 2.20. The number of amides is 2. The molecule has 0 spiro atoms. The summed E-state index contributed by atoms with van der Waals surface area (Å²) in [5.74, 6) is -1.70. The third-order valence-electron chi connectivity index (χ3n) is 3.52. The van der Waals surface area contributed by atoms with Crippen molar-refractivity contribution in [3.8, 4) is 0 Å². The third-order valence-corrected chi connectivity index (χ3v) is 4.05. The van der Waals surface area contributed by atoms with Crippen molar-refractivity contribution < 1.29 is 19.5 Å². The average Bonchev–Trinajstić information content (AvgIpc) is 2.50. The molecule has 0 bridgehead atoms. The summed E-state index contributed by atoms with van der Waals surface area (Å²) in [6, 6.07) is 5.86. The van der Waals surface area contributed by atoms with E-state index in [9.17, 15) is 19.5 Å². The second kappa shape index (κ2) is 10.1. The van der Waals surface area contributed by atoms with Crippen LogP contribution in [0.4, 0.5) is 0 Å². The second-order valence-electron chi connectivity index (χ2n) is 5.61. The predicted octanol–water partition coefficient (Wildman–Crippen LogP) is 2.78. The van der Waals surface area contributed by atoms with Crippen molar-refractivity contribution in [1.82, 2.24) is 10.6 Å². The molecule has 0 saturated carbocycles. The Kier molecular flexibility index (Phi) is 8.46. The lowest BCUT2D eigenvalue weighted by Gasteiger charge is -2.20. The highest BCUT2D eigenvalue weighted by atomic mass is 79.9. The maximum absolute atomic E-state index is 12.2. The minimum absolute atomic E-state index is 0.0167.